The van der Waals surface area contributed by atoms with Crippen LogP contribution in [0.5, 0.6) is 0 Å². The quantitative estimate of drug-likeness (QED) is 0.410. The summed E-state index contributed by atoms with van der Waals surface area (Å²) < 4.78 is 5.22. The second kappa shape index (κ2) is 10.2. The van der Waals surface area contributed by atoms with E-state index in [0.29, 0.717) is 11.3 Å². The van der Waals surface area contributed by atoms with Gasteiger partial charge in [0.05, 0.1) is 0 Å². The Bertz CT molecular complexity index is 939. The van der Waals surface area contributed by atoms with E-state index in [1.54, 1.807) is 0 Å². The molecule has 0 aromatic heterocycles. The maximum absolute atomic E-state index is 12.5. The number of benzene rings is 2. The molecule has 0 saturated heterocycles. The Labute approximate surface area is 172 Å². The van der Waals surface area contributed by atoms with E-state index < -0.39 is 18.0 Å². The number of hydrogen-bond acceptors (Lipinski definition) is 4. The van der Waals surface area contributed by atoms with Crippen LogP contribution < -0.4 is 5.32 Å². The molecular weight excluding hydrogens is 364 g/mol. The third-order valence-corrected chi connectivity index (χ3v) is 4.74. The zero-order valence-corrected chi connectivity index (χ0v) is 17.2. The zero-order valence-electron chi connectivity index (χ0n) is 17.2. The monoisotopic (exact) mass is 390 g/mol. The minimum Gasteiger partial charge on any atom is -0.448 e. The molecule has 29 heavy (non-hydrogen) atoms. The second-order valence-electron chi connectivity index (χ2n) is 7.01. The molecule has 0 aliphatic heterocycles. The number of nitrogens with zero attached hydrogens (tertiary/aromatic N) is 1. The van der Waals surface area contributed by atoms with Crippen molar-refractivity contribution in [1.29, 1.82) is 5.26 Å². The van der Waals surface area contributed by atoms with Gasteiger partial charge >= 0.3 is 5.97 Å². The van der Waals surface area contributed by atoms with Crippen LogP contribution in [0, 0.1) is 18.3 Å². The summed E-state index contributed by atoms with van der Waals surface area (Å²) in [4.78, 5) is 24.9. The molecule has 1 amide bonds. The van der Waals surface area contributed by atoms with Crippen LogP contribution in [0.25, 0.3) is 6.08 Å². The predicted octanol–water partition coefficient (Wildman–Crippen LogP) is 4.99. The number of carbonyl (C=O) groups is 2. The summed E-state index contributed by atoms with van der Waals surface area (Å²) in [5.74, 6) is -0.986. The lowest BCUT2D eigenvalue weighted by atomic mass is 9.97. The molecule has 2 aromatic rings. The van der Waals surface area contributed by atoms with Gasteiger partial charge in [-0.05, 0) is 49.5 Å². The van der Waals surface area contributed by atoms with E-state index in [4.69, 9.17) is 4.74 Å². The molecular formula is C24H26N2O3. The van der Waals surface area contributed by atoms with Gasteiger partial charge in [0.25, 0.3) is 5.91 Å². The third-order valence-electron chi connectivity index (χ3n) is 4.74. The number of nitriles is 1. The van der Waals surface area contributed by atoms with E-state index in [0.717, 1.165) is 17.5 Å². The van der Waals surface area contributed by atoms with Crippen LogP contribution in [0.4, 0.5) is 5.69 Å². The molecule has 0 aliphatic rings. The Kier molecular flexibility index (Phi) is 7.73. The van der Waals surface area contributed by atoms with Crippen molar-refractivity contribution >= 4 is 23.6 Å². The van der Waals surface area contributed by atoms with Crippen molar-refractivity contribution in [3.63, 3.8) is 0 Å². The first-order valence-electron chi connectivity index (χ1n) is 9.65. The molecule has 5 nitrogen and oxygen atoms in total. The summed E-state index contributed by atoms with van der Waals surface area (Å²) in [5, 5.41) is 12.1. The van der Waals surface area contributed by atoms with Gasteiger partial charge in [-0.3, -0.25) is 4.79 Å². The maximum atomic E-state index is 12.5. The highest BCUT2D eigenvalue weighted by Gasteiger charge is 2.22. The maximum Gasteiger partial charge on any atom is 0.349 e. The number of nitrogens with one attached hydrogen (secondary N) is 1. The lowest BCUT2D eigenvalue weighted by molar-refractivity contribution is -0.148. The number of esters is 1. The normalized spacial score (nSPS) is 13.1. The molecule has 2 rings (SSSR count). The minimum atomic E-state index is -1.04. The van der Waals surface area contributed by atoms with Gasteiger partial charge < -0.3 is 10.1 Å². The molecule has 0 spiro atoms. The van der Waals surface area contributed by atoms with Crippen molar-refractivity contribution in [3.8, 4) is 6.07 Å². The number of amides is 1. The lowest BCUT2D eigenvalue weighted by Gasteiger charge is -2.18. The molecule has 0 saturated carbocycles. The minimum absolute atomic E-state index is 0.159. The van der Waals surface area contributed by atoms with Crippen LogP contribution in [0.3, 0.4) is 0 Å². The van der Waals surface area contributed by atoms with E-state index >= 15 is 0 Å². The molecule has 0 heterocycles. The Morgan fingerprint density at radius 1 is 1.14 bits per heavy atom. The fourth-order valence-electron chi connectivity index (χ4n) is 2.74. The van der Waals surface area contributed by atoms with Crippen molar-refractivity contribution in [2.24, 2.45) is 0 Å². The largest absolute Gasteiger partial charge is 0.448 e. The highest BCUT2D eigenvalue weighted by molar-refractivity contribution is 6.01. The topological polar surface area (TPSA) is 79.2 Å². The number of hydrogen-bond donors (Lipinski definition) is 1. The molecule has 2 aromatic carbocycles. The van der Waals surface area contributed by atoms with Gasteiger partial charge in [0.2, 0.25) is 0 Å². The predicted molar refractivity (Wildman–Crippen MR) is 114 cm³/mol. The molecule has 150 valence electrons. The van der Waals surface area contributed by atoms with Crippen LogP contribution in [0.1, 0.15) is 49.8 Å². The molecule has 0 unspecified atom stereocenters. The fourth-order valence-corrected chi connectivity index (χ4v) is 2.74. The average Bonchev–Trinajstić information content (AvgIpc) is 2.72. The summed E-state index contributed by atoms with van der Waals surface area (Å²) in [5.41, 5.74) is 3.35. The van der Waals surface area contributed by atoms with Crippen LogP contribution in [0.2, 0.25) is 0 Å². The van der Waals surface area contributed by atoms with Crippen LogP contribution in [-0.2, 0) is 14.3 Å². The van der Waals surface area contributed by atoms with Gasteiger partial charge in [-0.15, -0.1) is 0 Å². The number of rotatable bonds is 7. The number of anilines is 1. The lowest BCUT2D eigenvalue weighted by Crippen LogP contribution is -2.30. The molecule has 5 heteroatoms. The number of carbonyl (C=O) groups excluding carboxylic acids is 2. The van der Waals surface area contributed by atoms with Gasteiger partial charge in [0.1, 0.15) is 11.6 Å². The van der Waals surface area contributed by atoms with Gasteiger partial charge in [-0.1, -0.05) is 61.9 Å². The van der Waals surface area contributed by atoms with E-state index in [2.05, 4.69) is 19.2 Å². The number of para-hydroxylation sites is 1. The summed E-state index contributed by atoms with van der Waals surface area (Å²) >= 11 is 0. The molecule has 0 fully saturated rings. The zero-order chi connectivity index (χ0) is 21.4. The second-order valence-corrected chi connectivity index (χ2v) is 7.01. The number of ether oxygens (including phenoxy) is 1. The van der Waals surface area contributed by atoms with Crippen molar-refractivity contribution in [2.45, 2.75) is 46.1 Å². The first-order chi connectivity index (χ1) is 13.8. The molecule has 1 N–H and O–H groups in total. The smallest absolute Gasteiger partial charge is 0.349 e. The van der Waals surface area contributed by atoms with E-state index in [1.165, 1.54) is 13.0 Å². The van der Waals surface area contributed by atoms with Crippen molar-refractivity contribution in [2.75, 3.05) is 5.32 Å². The van der Waals surface area contributed by atoms with Crippen molar-refractivity contribution in [1.82, 2.24) is 0 Å². The van der Waals surface area contributed by atoms with Gasteiger partial charge in [0, 0.05) is 5.69 Å². The van der Waals surface area contributed by atoms with Crippen LogP contribution >= 0.6 is 0 Å². The molecule has 0 aliphatic carbocycles. The van der Waals surface area contributed by atoms with Crippen LogP contribution in [0.15, 0.2) is 54.1 Å². The highest BCUT2D eigenvalue weighted by atomic mass is 16.5. The van der Waals surface area contributed by atoms with E-state index in [-0.39, 0.29) is 11.5 Å². The number of aryl methyl sites for hydroxylation is 1. The SMILES string of the molecule is CC[C@H](C)c1ccccc1NC(=O)[C@H](C)OC(=O)/C(C#N)=C/c1ccc(C)cc1. The average molecular weight is 390 g/mol. The van der Waals surface area contributed by atoms with Gasteiger partial charge in [-0.2, -0.15) is 5.26 Å². The standard InChI is InChI=1S/C24H26N2O3/c1-5-17(3)21-8-6-7-9-22(21)26-23(27)18(4)29-24(28)20(15-25)14-19-12-10-16(2)11-13-19/h6-14,17-18H,5H2,1-4H3,(H,26,27)/b20-14+/t17-,18-/m0/s1. The molecule has 0 bridgehead atoms. The van der Waals surface area contributed by atoms with Crippen molar-refractivity contribution in [3.05, 3.63) is 70.8 Å². The Morgan fingerprint density at radius 2 is 1.79 bits per heavy atom. The fraction of sp³-hybridized carbons (Fsp3) is 0.292. The van der Waals surface area contributed by atoms with Gasteiger partial charge in [0.15, 0.2) is 6.10 Å². The van der Waals surface area contributed by atoms with Crippen molar-refractivity contribution < 1.29 is 14.3 Å². The Balaban J connectivity index is 2.08. The molecule has 2 atom stereocenters. The Hall–Kier alpha value is -3.39. The first kappa shape index (κ1) is 21.9. The van der Waals surface area contributed by atoms with E-state index in [9.17, 15) is 14.9 Å². The third kappa shape index (κ3) is 6.05. The summed E-state index contributed by atoms with van der Waals surface area (Å²) in [7, 11) is 0. The summed E-state index contributed by atoms with van der Waals surface area (Å²) in [6.45, 7) is 7.60. The summed E-state index contributed by atoms with van der Waals surface area (Å²) in [6, 6.07) is 16.8. The van der Waals surface area contributed by atoms with E-state index in [1.807, 2.05) is 61.5 Å². The molecule has 0 radical (unpaired) electrons. The first-order valence-corrected chi connectivity index (χ1v) is 9.65. The summed E-state index contributed by atoms with van der Waals surface area (Å²) in [6.07, 6.45) is 1.35. The van der Waals surface area contributed by atoms with Gasteiger partial charge in [-0.25, -0.2) is 4.79 Å². The van der Waals surface area contributed by atoms with Crippen LogP contribution in [-0.4, -0.2) is 18.0 Å². The highest BCUT2D eigenvalue weighted by Crippen LogP contribution is 2.26. The Morgan fingerprint density at radius 3 is 2.41 bits per heavy atom.